The number of hydrogen-bond acceptors (Lipinski definition) is 8. The molecule has 2 heterocycles. The molecule has 0 amide bonds. The van der Waals surface area contributed by atoms with Gasteiger partial charge in [-0.2, -0.15) is 10.5 Å². The molecule has 2 aliphatic heterocycles. The summed E-state index contributed by atoms with van der Waals surface area (Å²) in [4.78, 5) is 2.38. The Labute approximate surface area is 180 Å². The highest BCUT2D eigenvalue weighted by atomic mass is 32.3. The van der Waals surface area contributed by atoms with E-state index >= 15 is 0 Å². The van der Waals surface area contributed by atoms with E-state index in [1.165, 1.54) is 26.7 Å². The number of fused-ring (bicyclic) bond motifs is 1. The van der Waals surface area contributed by atoms with Gasteiger partial charge < -0.3 is 0 Å². The average molecular weight is 453 g/mol. The van der Waals surface area contributed by atoms with E-state index in [0.29, 0.717) is 11.1 Å². The van der Waals surface area contributed by atoms with Crippen LogP contribution in [-0.2, 0) is 12.8 Å². The first-order valence-electron chi connectivity index (χ1n) is 7.93. The van der Waals surface area contributed by atoms with Crippen LogP contribution in [0.5, 0.6) is 0 Å². The summed E-state index contributed by atoms with van der Waals surface area (Å²) in [6, 6.07) is 4.60. The van der Waals surface area contributed by atoms with E-state index in [9.17, 15) is 10.5 Å². The van der Waals surface area contributed by atoms with Crippen LogP contribution in [0.4, 0.5) is 0 Å². The summed E-state index contributed by atoms with van der Waals surface area (Å²) in [7, 11) is 0. The number of nitriles is 2. The molecule has 26 heavy (non-hydrogen) atoms. The Balaban J connectivity index is 2.11. The van der Waals surface area contributed by atoms with Gasteiger partial charge in [-0.05, 0) is 36.5 Å². The third-order valence-electron chi connectivity index (χ3n) is 4.00. The third kappa shape index (κ3) is 3.45. The van der Waals surface area contributed by atoms with Crippen molar-refractivity contribution in [3.63, 3.8) is 0 Å². The maximum Gasteiger partial charge on any atom is 0.101 e. The number of nitrogens with zero attached hydrogens (tertiary/aromatic N) is 2. The summed E-state index contributed by atoms with van der Waals surface area (Å²) in [6.07, 6.45) is 5.79. The molecule has 0 bridgehead atoms. The van der Waals surface area contributed by atoms with Crippen molar-refractivity contribution >= 4 is 70.6 Å². The van der Waals surface area contributed by atoms with Gasteiger partial charge in [-0.25, -0.2) is 0 Å². The van der Waals surface area contributed by atoms with Crippen molar-refractivity contribution in [2.45, 2.75) is 36.5 Å². The molecule has 3 rings (SSSR count). The molecule has 0 atom stereocenters. The number of thioether (sulfide) groups is 6. The zero-order chi connectivity index (χ0) is 18.8. The van der Waals surface area contributed by atoms with Crippen LogP contribution in [-0.4, -0.2) is 12.5 Å². The predicted molar refractivity (Wildman–Crippen MR) is 123 cm³/mol. The molecule has 0 N–H and O–H groups in total. The van der Waals surface area contributed by atoms with Crippen molar-refractivity contribution in [1.82, 2.24) is 0 Å². The van der Waals surface area contributed by atoms with Crippen molar-refractivity contribution < 1.29 is 0 Å². The molecular weight excluding hydrogens is 437 g/mol. The van der Waals surface area contributed by atoms with E-state index < -0.39 is 0 Å². The third-order valence-corrected chi connectivity index (χ3v) is 12.5. The quantitative estimate of drug-likeness (QED) is 0.475. The Morgan fingerprint density at radius 1 is 0.731 bits per heavy atom. The van der Waals surface area contributed by atoms with Crippen molar-refractivity contribution in [1.29, 1.82) is 10.5 Å². The van der Waals surface area contributed by atoms with Crippen LogP contribution in [0.15, 0.2) is 26.7 Å². The van der Waals surface area contributed by atoms with Crippen molar-refractivity contribution in [2.24, 2.45) is 0 Å². The molecule has 0 unspecified atom stereocenters. The Morgan fingerprint density at radius 3 is 1.42 bits per heavy atom. The van der Waals surface area contributed by atoms with Crippen LogP contribution in [0.2, 0.25) is 0 Å². The molecule has 134 valence electrons. The Hall–Kier alpha value is -0.220. The van der Waals surface area contributed by atoms with Gasteiger partial charge in [-0.15, -0.1) is 23.5 Å². The first-order chi connectivity index (χ1) is 12.6. The van der Waals surface area contributed by atoms with E-state index in [0.717, 1.165) is 24.0 Å². The van der Waals surface area contributed by atoms with Crippen LogP contribution >= 0.6 is 70.6 Å². The molecular formula is C18H16N2S6. The van der Waals surface area contributed by atoms with Gasteiger partial charge in [0.15, 0.2) is 0 Å². The molecule has 1 aromatic rings. The van der Waals surface area contributed by atoms with Gasteiger partial charge in [-0.1, -0.05) is 60.9 Å². The lowest BCUT2D eigenvalue weighted by Crippen LogP contribution is -2.02. The molecule has 2 aliphatic rings. The molecule has 0 saturated carbocycles. The van der Waals surface area contributed by atoms with Crippen molar-refractivity contribution in [2.75, 3.05) is 12.5 Å². The lowest BCUT2D eigenvalue weighted by atomic mass is 9.94. The fourth-order valence-electron chi connectivity index (χ4n) is 2.84. The van der Waals surface area contributed by atoms with Crippen molar-refractivity contribution in [3.05, 3.63) is 39.2 Å². The topological polar surface area (TPSA) is 47.6 Å². The van der Waals surface area contributed by atoms with Crippen LogP contribution in [0.25, 0.3) is 0 Å². The second-order valence-corrected chi connectivity index (χ2v) is 12.0. The Kier molecular flexibility index (Phi) is 6.99. The largest absolute Gasteiger partial charge is 0.192 e. The highest BCUT2D eigenvalue weighted by molar-refractivity contribution is 8.41. The van der Waals surface area contributed by atoms with E-state index in [-0.39, 0.29) is 0 Å². The lowest BCUT2D eigenvalue weighted by molar-refractivity contribution is 0.965. The normalized spacial score (nSPS) is 16.1. The Morgan fingerprint density at radius 2 is 1.12 bits per heavy atom. The van der Waals surface area contributed by atoms with Gasteiger partial charge in [0.25, 0.3) is 0 Å². The standard InChI is InChI=1S/C18H16N2S6/c1-5-9-11(7-19)12(8-20)10(6-2)14-13(9)23-17(24-14)18-25-15(21-3)16(22-4)26-18/h5-6H2,1-4H3. The minimum atomic E-state index is 0.574. The van der Waals surface area contributed by atoms with E-state index in [1.54, 1.807) is 47.0 Å². The molecule has 0 spiro atoms. The van der Waals surface area contributed by atoms with Gasteiger partial charge in [-0.3, -0.25) is 0 Å². The zero-order valence-corrected chi connectivity index (χ0v) is 19.7. The van der Waals surface area contributed by atoms with Gasteiger partial charge in [0, 0.05) is 9.79 Å². The van der Waals surface area contributed by atoms with Crippen LogP contribution in [0.3, 0.4) is 0 Å². The van der Waals surface area contributed by atoms with Gasteiger partial charge in [0.05, 0.1) is 28.1 Å². The fourth-order valence-corrected chi connectivity index (χ4v) is 11.1. The predicted octanol–water partition coefficient (Wildman–Crippen LogP) is 7.21. The summed E-state index contributed by atoms with van der Waals surface area (Å²) >= 11 is 10.9. The minimum absolute atomic E-state index is 0.574. The average Bonchev–Trinajstić information content (AvgIpc) is 3.29. The molecule has 8 heteroatoms. The highest BCUT2D eigenvalue weighted by Gasteiger charge is 2.33. The van der Waals surface area contributed by atoms with Crippen LogP contribution in [0.1, 0.15) is 36.1 Å². The highest BCUT2D eigenvalue weighted by Crippen LogP contribution is 2.64. The van der Waals surface area contributed by atoms with Gasteiger partial charge >= 0.3 is 0 Å². The summed E-state index contributed by atoms with van der Waals surface area (Å²) in [5, 5.41) is 19.3. The van der Waals surface area contributed by atoms with Crippen LogP contribution in [0, 0.1) is 22.7 Å². The molecule has 0 fully saturated rings. The Bertz CT molecular complexity index is 846. The van der Waals surface area contributed by atoms with Gasteiger partial charge in [0.2, 0.25) is 0 Å². The molecule has 0 saturated heterocycles. The summed E-state index contributed by atoms with van der Waals surface area (Å²) in [6.45, 7) is 4.13. The van der Waals surface area contributed by atoms with E-state index in [4.69, 9.17) is 0 Å². The summed E-state index contributed by atoms with van der Waals surface area (Å²) < 4.78 is 5.34. The lowest BCUT2D eigenvalue weighted by Gasteiger charge is -2.13. The minimum Gasteiger partial charge on any atom is -0.192 e. The van der Waals surface area contributed by atoms with Gasteiger partial charge in [0.1, 0.15) is 12.1 Å². The summed E-state index contributed by atoms with van der Waals surface area (Å²) in [5.74, 6) is 0. The van der Waals surface area contributed by atoms with E-state index in [2.05, 4.69) is 38.5 Å². The summed E-state index contributed by atoms with van der Waals surface area (Å²) in [5.41, 5.74) is 3.20. The SMILES string of the molecule is CCc1c(C#N)c(C#N)c(CC)c2c1SC(=C1SC(SC)=C(SC)S1)S2. The maximum atomic E-state index is 9.67. The zero-order valence-electron chi connectivity index (χ0n) is 14.8. The molecule has 0 aliphatic carbocycles. The smallest absolute Gasteiger partial charge is 0.101 e. The van der Waals surface area contributed by atoms with Crippen molar-refractivity contribution in [3.8, 4) is 12.1 Å². The molecule has 1 aromatic carbocycles. The monoisotopic (exact) mass is 452 g/mol. The first-order valence-corrected chi connectivity index (χ1v) is 13.6. The maximum absolute atomic E-state index is 9.67. The molecule has 0 aromatic heterocycles. The second kappa shape index (κ2) is 8.86. The van der Waals surface area contributed by atoms with Crippen LogP contribution < -0.4 is 0 Å². The van der Waals surface area contributed by atoms with E-state index in [1.807, 2.05) is 23.5 Å². The first kappa shape index (κ1) is 20.5. The molecule has 0 radical (unpaired) electrons. The number of benzene rings is 1. The fraction of sp³-hybridized carbons (Fsp3) is 0.333. The molecule has 2 nitrogen and oxygen atoms in total. The number of rotatable bonds is 4. The second-order valence-electron chi connectivity index (χ2n) is 5.26. The number of hydrogen-bond donors (Lipinski definition) is 0.